The van der Waals surface area contributed by atoms with E-state index in [4.69, 9.17) is 17.3 Å². The van der Waals surface area contributed by atoms with Crippen LogP contribution in [0.15, 0.2) is 54.9 Å². The van der Waals surface area contributed by atoms with Gasteiger partial charge in [-0.15, -0.1) is 0 Å². The van der Waals surface area contributed by atoms with Crippen LogP contribution in [0.2, 0.25) is 5.02 Å². The van der Waals surface area contributed by atoms with Gasteiger partial charge >= 0.3 is 6.18 Å². The first-order chi connectivity index (χ1) is 13.3. The average molecular weight is 405 g/mol. The maximum absolute atomic E-state index is 13.2. The summed E-state index contributed by atoms with van der Waals surface area (Å²) in [6, 6.07) is 9.31. The number of rotatable bonds is 2. The number of benzene rings is 2. The van der Waals surface area contributed by atoms with Crippen molar-refractivity contribution in [3.63, 3.8) is 0 Å². The molecule has 0 fully saturated rings. The van der Waals surface area contributed by atoms with Crippen LogP contribution in [0.4, 0.5) is 19.0 Å². The number of phenolic OH excluding ortho intramolecular Hbond substituents is 1. The van der Waals surface area contributed by atoms with Gasteiger partial charge in [0.15, 0.2) is 11.5 Å². The van der Waals surface area contributed by atoms with E-state index in [1.165, 1.54) is 30.5 Å². The molecule has 0 bridgehead atoms. The van der Waals surface area contributed by atoms with Crippen LogP contribution >= 0.6 is 11.6 Å². The predicted octanol–water partition coefficient (Wildman–Crippen LogP) is 5.02. The number of hydrogen-bond acceptors (Lipinski definition) is 4. The first kappa shape index (κ1) is 18.1. The molecule has 2 heterocycles. The summed E-state index contributed by atoms with van der Waals surface area (Å²) >= 11 is 6.03. The fraction of sp³-hybridized carbons (Fsp3) is 0.0526. The Kier molecular flexibility index (Phi) is 4.15. The molecule has 2 aromatic carbocycles. The topological polar surface area (TPSA) is 76.4 Å². The Hall–Kier alpha value is -3.26. The Morgan fingerprint density at radius 1 is 1.07 bits per heavy atom. The van der Waals surface area contributed by atoms with Crippen LogP contribution in [0.1, 0.15) is 5.56 Å². The van der Waals surface area contributed by atoms with Crippen molar-refractivity contribution in [3.05, 3.63) is 65.4 Å². The normalized spacial score (nSPS) is 11.9. The summed E-state index contributed by atoms with van der Waals surface area (Å²) in [7, 11) is 0. The molecule has 0 aliphatic rings. The molecule has 142 valence electrons. The SMILES string of the molecule is Nc1nc(-c2cccc(C(F)(F)F)c2)c(-c2ccc(O)c(Cl)c2)n2ccnc12. The maximum Gasteiger partial charge on any atom is 0.416 e. The van der Waals surface area contributed by atoms with Crippen molar-refractivity contribution < 1.29 is 18.3 Å². The van der Waals surface area contributed by atoms with E-state index in [0.29, 0.717) is 16.9 Å². The highest BCUT2D eigenvalue weighted by atomic mass is 35.5. The summed E-state index contributed by atoms with van der Waals surface area (Å²) in [4.78, 5) is 8.47. The van der Waals surface area contributed by atoms with Crippen LogP contribution in [0.3, 0.4) is 0 Å². The number of nitrogen functional groups attached to an aromatic ring is 1. The molecule has 0 radical (unpaired) electrons. The van der Waals surface area contributed by atoms with Gasteiger partial charge in [0.05, 0.1) is 22.0 Å². The molecule has 0 unspecified atom stereocenters. The van der Waals surface area contributed by atoms with Gasteiger partial charge in [0.25, 0.3) is 0 Å². The van der Waals surface area contributed by atoms with E-state index >= 15 is 0 Å². The third-order valence-electron chi connectivity index (χ3n) is 4.25. The van der Waals surface area contributed by atoms with Crippen molar-refractivity contribution in [2.45, 2.75) is 6.18 Å². The minimum absolute atomic E-state index is 0.0750. The lowest BCUT2D eigenvalue weighted by atomic mass is 10.0. The molecule has 0 spiro atoms. The third kappa shape index (κ3) is 3.01. The fourth-order valence-electron chi connectivity index (χ4n) is 2.98. The summed E-state index contributed by atoms with van der Waals surface area (Å²) in [5, 5.41) is 9.80. The number of aromatic hydroxyl groups is 1. The van der Waals surface area contributed by atoms with Crippen LogP contribution in [0.25, 0.3) is 28.2 Å². The van der Waals surface area contributed by atoms with Gasteiger partial charge < -0.3 is 10.8 Å². The minimum atomic E-state index is -4.50. The fourth-order valence-corrected chi connectivity index (χ4v) is 3.17. The van der Waals surface area contributed by atoms with Crippen molar-refractivity contribution in [2.24, 2.45) is 0 Å². The zero-order chi connectivity index (χ0) is 20.1. The van der Waals surface area contributed by atoms with Crippen molar-refractivity contribution in [1.82, 2.24) is 14.4 Å². The second-order valence-corrected chi connectivity index (χ2v) is 6.47. The highest BCUT2D eigenvalue weighted by Gasteiger charge is 2.31. The van der Waals surface area contributed by atoms with E-state index in [-0.39, 0.29) is 27.8 Å². The summed E-state index contributed by atoms with van der Waals surface area (Å²) in [6.07, 6.45) is -1.36. The lowest BCUT2D eigenvalue weighted by Crippen LogP contribution is -2.06. The van der Waals surface area contributed by atoms with Crippen LogP contribution < -0.4 is 5.73 Å². The first-order valence-corrected chi connectivity index (χ1v) is 8.42. The number of aromatic nitrogens is 3. The van der Waals surface area contributed by atoms with E-state index in [9.17, 15) is 18.3 Å². The second-order valence-electron chi connectivity index (χ2n) is 6.06. The van der Waals surface area contributed by atoms with Crippen LogP contribution in [0.5, 0.6) is 5.75 Å². The molecule has 0 atom stereocenters. The highest BCUT2D eigenvalue weighted by molar-refractivity contribution is 6.32. The van der Waals surface area contributed by atoms with Crippen molar-refractivity contribution in [1.29, 1.82) is 0 Å². The first-order valence-electron chi connectivity index (χ1n) is 8.05. The Bertz CT molecular complexity index is 1200. The average Bonchev–Trinajstić information content (AvgIpc) is 3.14. The Labute approximate surface area is 161 Å². The van der Waals surface area contributed by atoms with Gasteiger partial charge in [0.1, 0.15) is 5.75 Å². The molecule has 0 saturated heterocycles. The number of nitrogens with zero attached hydrogens (tertiary/aromatic N) is 3. The Morgan fingerprint density at radius 3 is 2.57 bits per heavy atom. The molecular weight excluding hydrogens is 393 g/mol. The Morgan fingerprint density at radius 2 is 1.86 bits per heavy atom. The lowest BCUT2D eigenvalue weighted by Gasteiger charge is -2.15. The zero-order valence-corrected chi connectivity index (χ0v) is 14.8. The van der Waals surface area contributed by atoms with Gasteiger partial charge in [-0.1, -0.05) is 23.7 Å². The molecule has 3 N–H and O–H groups in total. The quantitative estimate of drug-likeness (QED) is 0.491. The summed E-state index contributed by atoms with van der Waals surface area (Å²) in [5.74, 6) is -0.0395. The third-order valence-corrected chi connectivity index (χ3v) is 4.55. The van der Waals surface area contributed by atoms with Gasteiger partial charge in [-0.2, -0.15) is 13.2 Å². The summed E-state index contributed by atoms with van der Waals surface area (Å²) in [5.41, 5.74) is 6.98. The minimum Gasteiger partial charge on any atom is -0.506 e. The maximum atomic E-state index is 13.2. The number of nitrogens with two attached hydrogens (primary N) is 1. The van der Waals surface area contributed by atoms with Crippen molar-refractivity contribution >= 4 is 23.1 Å². The second kappa shape index (κ2) is 6.42. The number of halogens is 4. The van der Waals surface area contributed by atoms with E-state index in [2.05, 4.69) is 9.97 Å². The molecule has 4 rings (SSSR count). The molecule has 0 aliphatic heterocycles. The molecule has 9 heteroatoms. The largest absolute Gasteiger partial charge is 0.506 e. The number of fused-ring (bicyclic) bond motifs is 1. The molecular formula is C19H12ClF3N4O. The number of alkyl halides is 3. The van der Waals surface area contributed by atoms with E-state index in [0.717, 1.165) is 12.1 Å². The van der Waals surface area contributed by atoms with Gasteiger partial charge in [-0.05, 0) is 30.3 Å². The predicted molar refractivity (Wildman–Crippen MR) is 99.9 cm³/mol. The lowest BCUT2D eigenvalue weighted by molar-refractivity contribution is -0.137. The van der Waals surface area contributed by atoms with Crippen LogP contribution in [-0.4, -0.2) is 19.5 Å². The summed E-state index contributed by atoms with van der Waals surface area (Å²) in [6.45, 7) is 0. The van der Waals surface area contributed by atoms with Gasteiger partial charge in [0, 0.05) is 23.5 Å². The molecule has 4 aromatic rings. The van der Waals surface area contributed by atoms with E-state index < -0.39 is 11.7 Å². The molecule has 0 saturated carbocycles. The molecule has 2 aromatic heterocycles. The number of hydrogen-bond donors (Lipinski definition) is 2. The standard InChI is InChI=1S/C19H12ClF3N4O/c20-13-9-11(4-5-14(13)28)16-15(26-17(24)18-25-6-7-27(16)18)10-2-1-3-12(8-10)19(21,22)23/h1-9,28H,(H2,24,26). The van der Waals surface area contributed by atoms with Crippen molar-refractivity contribution in [2.75, 3.05) is 5.73 Å². The smallest absolute Gasteiger partial charge is 0.416 e. The van der Waals surface area contributed by atoms with E-state index in [1.807, 2.05) is 0 Å². The van der Waals surface area contributed by atoms with Crippen molar-refractivity contribution in [3.8, 4) is 28.3 Å². The van der Waals surface area contributed by atoms with Crippen LogP contribution in [0, 0.1) is 0 Å². The van der Waals surface area contributed by atoms with Gasteiger partial charge in [0.2, 0.25) is 0 Å². The number of phenols is 1. The van der Waals surface area contributed by atoms with Gasteiger partial charge in [-0.25, -0.2) is 9.97 Å². The zero-order valence-electron chi connectivity index (χ0n) is 14.1. The monoisotopic (exact) mass is 404 g/mol. The number of imidazole rings is 1. The van der Waals surface area contributed by atoms with E-state index in [1.54, 1.807) is 16.7 Å². The molecule has 5 nitrogen and oxygen atoms in total. The Balaban J connectivity index is 2.05. The highest BCUT2D eigenvalue weighted by Crippen LogP contribution is 2.38. The van der Waals surface area contributed by atoms with Gasteiger partial charge in [-0.3, -0.25) is 4.40 Å². The molecule has 0 aliphatic carbocycles. The summed E-state index contributed by atoms with van der Waals surface area (Å²) < 4.78 is 41.2. The molecule has 0 amide bonds. The number of anilines is 1. The van der Waals surface area contributed by atoms with Crippen LogP contribution in [-0.2, 0) is 6.18 Å². The molecule has 28 heavy (non-hydrogen) atoms.